The quantitative estimate of drug-likeness (QED) is 0.811. The minimum absolute atomic E-state index is 0.103. The summed E-state index contributed by atoms with van der Waals surface area (Å²) in [4.78, 5) is 31.5. The topological polar surface area (TPSA) is 43.9 Å². The van der Waals surface area contributed by atoms with Crippen LogP contribution in [0.2, 0.25) is 0 Å². The SMILES string of the molecule is CC1(C)CN(C(=O)c2ccccc2F)CC2CN(C(=O)C3CC3)CCN21. The Labute approximate surface area is 153 Å². The van der Waals surface area contributed by atoms with Crippen LogP contribution in [0, 0.1) is 11.7 Å². The second kappa shape index (κ2) is 6.34. The summed E-state index contributed by atoms with van der Waals surface area (Å²) in [5.74, 6) is -0.261. The molecular formula is C20H26FN3O2. The highest BCUT2D eigenvalue weighted by Gasteiger charge is 2.46. The normalized spacial score (nSPS) is 25.7. The molecule has 1 atom stereocenters. The number of nitrogens with zero attached hydrogens (tertiary/aromatic N) is 3. The van der Waals surface area contributed by atoms with Crippen molar-refractivity contribution in [1.82, 2.24) is 14.7 Å². The molecule has 0 aromatic heterocycles. The van der Waals surface area contributed by atoms with Crippen LogP contribution in [0.3, 0.4) is 0 Å². The number of amides is 2. The highest BCUT2D eigenvalue weighted by Crippen LogP contribution is 2.34. The highest BCUT2D eigenvalue weighted by atomic mass is 19.1. The summed E-state index contributed by atoms with van der Waals surface area (Å²) >= 11 is 0. The van der Waals surface area contributed by atoms with Crippen LogP contribution in [-0.2, 0) is 4.79 Å². The average Bonchev–Trinajstić information content (AvgIpc) is 3.45. The lowest BCUT2D eigenvalue weighted by Crippen LogP contribution is -2.70. The number of carbonyl (C=O) groups is 2. The number of benzene rings is 1. The summed E-state index contributed by atoms with van der Waals surface area (Å²) in [7, 11) is 0. The molecule has 26 heavy (non-hydrogen) atoms. The molecule has 5 nitrogen and oxygen atoms in total. The van der Waals surface area contributed by atoms with Gasteiger partial charge in [-0.15, -0.1) is 0 Å². The van der Waals surface area contributed by atoms with E-state index in [0.717, 1.165) is 25.9 Å². The van der Waals surface area contributed by atoms with Gasteiger partial charge in [-0.3, -0.25) is 14.5 Å². The van der Waals surface area contributed by atoms with Crippen LogP contribution in [0.1, 0.15) is 37.0 Å². The Balaban J connectivity index is 1.53. The number of rotatable bonds is 2. The fourth-order valence-electron chi connectivity index (χ4n) is 4.43. The summed E-state index contributed by atoms with van der Waals surface area (Å²) in [6.07, 6.45) is 2.01. The van der Waals surface area contributed by atoms with Gasteiger partial charge in [0.2, 0.25) is 5.91 Å². The van der Waals surface area contributed by atoms with Gasteiger partial charge in [0.15, 0.2) is 0 Å². The standard InChI is InChI=1S/C20H26FN3O2/c1-20(2)13-23(19(26)16-5-3-4-6-17(16)21)12-15-11-22(9-10-24(15)20)18(25)14-7-8-14/h3-6,14-15H,7-13H2,1-2H3. The molecule has 2 aliphatic heterocycles. The summed E-state index contributed by atoms with van der Waals surface area (Å²) in [6, 6.07) is 6.25. The Morgan fingerprint density at radius 3 is 2.46 bits per heavy atom. The molecule has 0 spiro atoms. The Morgan fingerprint density at radius 2 is 1.77 bits per heavy atom. The van der Waals surface area contributed by atoms with E-state index < -0.39 is 5.82 Å². The van der Waals surface area contributed by atoms with E-state index in [1.165, 1.54) is 6.07 Å². The van der Waals surface area contributed by atoms with Gasteiger partial charge in [-0.1, -0.05) is 12.1 Å². The number of hydrogen-bond donors (Lipinski definition) is 0. The summed E-state index contributed by atoms with van der Waals surface area (Å²) in [6.45, 7) is 7.59. The Kier molecular flexibility index (Phi) is 4.26. The minimum Gasteiger partial charge on any atom is -0.340 e. The molecule has 1 aromatic rings. The van der Waals surface area contributed by atoms with Crippen molar-refractivity contribution in [3.8, 4) is 0 Å². The van der Waals surface area contributed by atoms with Crippen LogP contribution >= 0.6 is 0 Å². The van der Waals surface area contributed by atoms with Crippen molar-refractivity contribution in [2.24, 2.45) is 5.92 Å². The van der Waals surface area contributed by atoms with E-state index in [-0.39, 0.29) is 34.9 Å². The zero-order valence-electron chi connectivity index (χ0n) is 15.4. The first-order chi connectivity index (χ1) is 12.4. The van der Waals surface area contributed by atoms with Gasteiger partial charge in [0, 0.05) is 50.2 Å². The molecule has 2 amide bonds. The van der Waals surface area contributed by atoms with E-state index in [4.69, 9.17) is 0 Å². The molecule has 4 rings (SSSR count). The van der Waals surface area contributed by atoms with Crippen LogP contribution in [0.25, 0.3) is 0 Å². The molecule has 3 aliphatic rings. The number of carbonyl (C=O) groups excluding carboxylic acids is 2. The molecule has 140 valence electrons. The van der Waals surface area contributed by atoms with Crippen LogP contribution < -0.4 is 0 Å². The third kappa shape index (κ3) is 3.11. The first-order valence-corrected chi connectivity index (χ1v) is 9.46. The smallest absolute Gasteiger partial charge is 0.256 e. The van der Waals surface area contributed by atoms with Gasteiger partial charge in [-0.2, -0.15) is 0 Å². The lowest BCUT2D eigenvalue weighted by Gasteiger charge is -2.55. The Hall–Kier alpha value is -1.95. The predicted octanol–water partition coefficient (Wildman–Crippen LogP) is 1.98. The van der Waals surface area contributed by atoms with Crippen molar-refractivity contribution in [2.45, 2.75) is 38.3 Å². The predicted molar refractivity (Wildman–Crippen MR) is 96.2 cm³/mol. The van der Waals surface area contributed by atoms with Gasteiger partial charge < -0.3 is 9.80 Å². The van der Waals surface area contributed by atoms with E-state index >= 15 is 0 Å². The van der Waals surface area contributed by atoms with Crippen molar-refractivity contribution in [3.63, 3.8) is 0 Å². The van der Waals surface area contributed by atoms with Gasteiger partial charge in [0.05, 0.1) is 5.56 Å². The van der Waals surface area contributed by atoms with Crippen molar-refractivity contribution in [3.05, 3.63) is 35.6 Å². The third-order valence-corrected chi connectivity index (χ3v) is 5.90. The molecule has 2 saturated heterocycles. The summed E-state index contributed by atoms with van der Waals surface area (Å²) in [5, 5.41) is 0. The molecule has 0 radical (unpaired) electrons. The largest absolute Gasteiger partial charge is 0.340 e. The number of piperazine rings is 2. The maximum atomic E-state index is 14.1. The molecule has 2 heterocycles. The molecular weight excluding hydrogens is 333 g/mol. The Bertz CT molecular complexity index is 732. The molecule has 1 unspecified atom stereocenters. The van der Waals surface area contributed by atoms with E-state index in [9.17, 15) is 14.0 Å². The highest BCUT2D eigenvalue weighted by molar-refractivity contribution is 5.94. The molecule has 1 aromatic carbocycles. The monoisotopic (exact) mass is 359 g/mol. The van der Waals surface area contributed by atoms with Crippen LogP contribution in [0.4, 0.5) is 4.39 Å². The second-order valence-electron chi connectivity index (χ2n) is 8.38. The van der Waals surface area contributed by atoms with Crippen LogP contribution in [0.5, 0.6) is 0 Å². The molecule has 3 fully saturated rings. The fourth-order valence-corrected chi connectivity index (χ4v) is 4.43. The van der Waals surface area contributed by atoms with E-state index in [0.29, 0.717) is 19.6 Å². The maximum Gasteiger partial charge on any atom is 0.256 e. The van der Waals surface area contributed by atoms with E-state index in [2.05, 4.69) is 18.7 Å². The van der Waals surface area contributed by atoms with Crippen LogP contribution in [-0.4, -0.2) is 70.8 Å². The first kappa shape index (κ1) is 17.5. The van der Waals surface area contributed by atoms with E-state index in [1.807, 2.05) is 4.90 Å². The van der Waals surface area contributed by atoms with Gasteiger partial charge in [0.25, 0.3) is 5.91 Å². The van der Waals surface area contributed by atoms with Crippen molar-refractivity contribution in [2.75, 3.05) is 32.7 Å². The number of halogens is 1. The zero-order chi connectivity index (χ0) is 18.5. The van der Waals surface area contributed by atoms with Crippen molar-refractivity contribution < 1.29 is 14.0 Å². The summed E-state index contributed by atoms with van der Waals surface area (Å²) in [5.41, 5.74) is -0.0723. The Morgan fingerprint density at radius 1 is 1.08 bits per heavy atom. The number of hydrogen-bond acceptors (Lipinski definition) is 3. The van der Waals surface area contributed by atoms with Crippen molar-refractivity contribution >= 4 is 11.8 Å². The average molecular weight is 359 g/mol. The molecule has 0 N–H and O–H groups in total. The lowest BCUT2D eigenvalue weighted by molar-refractivity contribution is -0.139. The van der Waals surface area contributed by atoms with Gasteiger partial charge >= 0.3 is 0 Å². The summed E-state index contributed by atoms with van der Waals surface area (Å²) < 4.78 is 14.1. The van der Waals surface area contributed by atoms with Gasteiger partial charge in [0.1, 0.15) is 5.82 Å². The third-order valence-electron chi connectivity index (χ3n) is 5.90. The first-order valence-electron chi connectivity index (χ1n) is 9.46. The van der Waals surface area contributed by atoms with Gasteiger partial charge in [-0.25, -0.2) is 4.39 Å². The second-order valence-corrected chi connectivity index (χ2v) is 8.38. The van der Waals surface area contributed by atoms with Crippen molar-refractivity contribution in [1.29, 1.82) is 0 Å². The molecule has 6 heteroatoms. The molecule has 1 aliphatic carbocycles. The van der Waals surface area contributed by atoms with E-state index in [1.54, 1.807) is 23.1 Å². The molecule has 0 bridgehead atoms. The lowest BCUT2D eigenvalue weighted by atomic mass is 9.92. The minimum atomic E-state index is -0.480. The number of fused-ring (bicyclic) bond motifs is 1. The van der Waals surface area contributed by atoms with Crippen LogP contribution in [0.15, 0.2) is 24.3 Å². The fraction of sp³-hybridized carbons (Fsp3) is 0.600. The van der Waals surface area contributed by atoms with Gasteiger partial charge in [-0.05, 0) is 38.8 Å². The molecule has 1 saturated carbocycles. The zero-order valence-corrected chi connectivity index (χ0v) is 15.4. The maximum absolute atomic E-state index is 14.1.